The highest BCUT2D eigenvalue weighted by molar-refractivity contribution is 7.80. The molecule has 0 saturated heterocycles. The number of amides is 1. The number of ether oxygens (including phenoxy) is 1. The summed E-state index contributed by atoms with van der Waals surface area (Å²) in [7, 11) is 4.38. The number of carbonyl (C=O) groups excluding carboxylic acids is 2. The molecule has 1 aromatic heterocycles. The van der Waals surface area contributed by atoms with Crippen LogP contribution >= 0.6 is 23.6 Å². The van der Waals surface area contributed by atoms with Gasteiger partial charge in [-0.25, -0.2) is 4.79 Å². The van der Waals surface area contributed by atoms with Crippen LogP contribution in [-0.2, 0) is 4.74 Å². The topological polar surface area (TPSA) is 114 Å². The molecule has 0 aliphatic heterocycles. The largest absolute Gasteiger partial charge is 0.465 e. The molecule has 0 aliphatic rings. The number of thiophene rings is 1. The Bertz CT molecular complexity index is 1010. The highest BCUT2D eigenvalue weighted by Gasteiger charge is 2.26. The van der Waals surface area contributed by atoms with Gasteiger partial charge in [-0.1, -0.05) is 0 Å². The van der Waals surface area contributed by atoms with Gasteiger partial charge < -0.3 is 20.3 Å². The van der Waals surface area contributed by atoms with Crippen LogP contribution in [0.1, 0.15) is 25.6 Å². The van der Waals surface area contributed by atoms with Gasteiger partial charge in [0.15, 0.2) is 5.11 Å². The third kappa shape index (κ3) is 4.84. The summed E-state index contributed by atoms with van der Waals surface area (Å²) in [5.74, 6) is -1.92. The SMILES string of the molecule is COC(=O)c1c(NC(=S)Nc2ccc(F)c([N+](=O)[O-])c2)sc(C(=O)N(C)C)c1C. The molecule has 0 bridgehead atoms. The Labute approximate surface area is 174 Å². The third-order valence-electron chi connectivity index (χ3n) is 3.76. The molecule has 1 aromatic carbocycles. The molecule has 154 valence electrons. The molecule has 12 heteroatoms. The molecule has 2 N–H and O–H groups in total. The summed E-state index contributed by atoms with van der Waals surface area (Å²) in [6, 6.07) is 3.20. The molecule has 0 radical (unpaired) electrons. The first-order chi connectivity index (χ1) is 13.6. The Kier molecular flexibility index (Phi) is 6.82. The van der Waals surface area contributed by atoms with Gasteiger partial charge in [-0.2, -0.15) is 4.39 Å². The number of nitrogens with zero attached hydrogens (tertiary/aromatic N) is 2. The van der Waals surface area contributed by atoms with Crippen LogP contribution in [0.5, 0.6) is 0 Å². The molecule has 0 atom stereocenters. The molecule has 2 aromatic rings. The Morgan fingerprint density at radius 3 is 2.52 bits per heavy atom. The predicted molar refractivity (Wildman–Crippen MR) is 111 cm³/mol. The van der Waals surface area contributed by atoms with E-state index in [0.29, 0.717) is 10.4 Å². The average Bonchev–Trinajstić information content (AvgIpc) is 2.97. The maximum Gasteiger partial charge on any atom is 0.341 e. The van der Waals surface area contributed by atoms with E-state index in [1.165, 1.54) is 18.1 Å². The van der Waals surface area contributed by atoms with Crippen molar-refractivity contribution in [3.63, 3.8) is 0 Å². The maximum atomic E-state index is 13.5. The van der Waals surface area contributed by atoms with E-state index < -0.39 is 22.4 Å². The molecule has 0 saturated carbocycles. The maximum absolute atomic E-state index is 13.5. The molecule has 0 spiro atoms. The minimum absolute atomic E-state index is 0.0128. The number of thiocarbonyl (C=S) groups is 1. The van der Waals surface area contributed by atoms with E-state index in [-0.39, 0.29) is 27.3 Å². The molecule has 0 unspecified atom stereocenters. The standard InChI is InChI=1S/C17H17FN4O5S2/c1-8-12(16(24)27-4)14(29-13(8)15(23)21(2)3)20-17(28)19-9-5-6-10(18)11(7-9)22(25)26/h5-7H,1-4H3,(H2,19,20,28). The molecule has 0 aliphatic carbocycles. The van der Waals surface area contributed by atoms with Crippen LogP contribution in [0.15, 0.2) is 18.2 Å². The van der Waals surface area contributed by atoms with Gasteiger partial charge >= 0.3 is 11.7 Å². The normalized spacial score (nSPS) is 10.2. The van der Waals surface area contributed by atoms with Crippen molar-refractivity contribution >= 4 is 56.9 Å². The van der Waals surface area contributed by atoms with Crippen molar-refractivity contribution < 1.29 is 23.6 Å². The van der Waals surface area contributed by atoms with E-state index in [1.54, 1.807) is 21.0 Å². The van der Waals surface area contributed by atoms with Gasteiger partial charge in [0, 0.05) is 25.8 Å². The summed E-state index contributed by atoms with van der Waals surface area (Å²) in [6.07, 6.45) is 0. The van der Waals surface area contributed by atoms with E-state index in [4.69, 9.17) is 17.0 Å². The van der Waals surface area contributed by atoms with Gasteiger partial charge in [0.2, 0.25) is 5.82 Å². The molecule has 2 rings (SSSR count). The summed E-state index contributed by atoms with van der Waals surface area (Å²) in [5, 5.41) is 16.6. The number of rotatable bonds is 5. The second kappa shape index (κ2) is 8.92. The smallest absolute Gasteiger partial charge is 0.341 e. The highest BCUT2D eigenvalue weighted by Crippen LogP contribution is 2.34. The van der Waals surface area contributed by atoms with Crippen LogP contribution in [0.3, 0.4) is 0 Å². The fourth-order valence-electron chi connectivity index (χ4n) is 2.35. The number of nitrogens with one attached hydrogen (secondary N) is 2. The number of anilines is 2. The molecule has 1 amide bonds. The number of hydrogen-bond donors (Lipinski definition) is 2. The minimum atomic E-state index is -0.979. The Morgan fingerprint density at radius 1 is 1.31 bits per heavy atom. The Hall–Kier alpha value is -3.12. The number of nitro groups is 1. The van der Waals surface area contributed by atoms with Gasteiger partial charge in [0.1, 0.15) is 5.00 Å². The second-order valence-electron chi connectivity index (χ2n) is 5.95. The summed E-state index contributed by atoms with van der Waals surface area (Å²) in [5.41, 5.74) is 0.0483. The van der Waals surface area contributed by atoms with Crippen LogP contribution in [0.25, 0.3) is 0 Å². The lowest BCUT2D eigenvalue weighted by Crippen LogP contribution is -2.21. The fraction of sp³-hybridized carbons (Fsp3) is 0.235. The predicted octanol–water partition coefficient (Wildman–Crippen LogP) is 3.40. The first-order valence-electron chi connectivity index (χ1n) is 8.02. The van der Waals surface area contributed by atoms with Gasteiger partial charge in [-0.15, -0.1) is 11.3 Å². The minimum Gasteiger partial charge on any atom is -0.465 e. The number of nitro benzene ring substituents is 1. The van der Waals surface area contributed by atoms with Gasteiger partial charge in [0.25, 0.3) is 5.91 Å². The number of esters is 1. The van der Waals surface area contributed by atoms with Crippen LogP contribution in [0.4, 0.5) is 20.8 Å². The van der Waals surface area contributed by atoms with Crippen LogP contribution in [0.2, 0.25) is 0 Å². The van der Waals surface area contributed by atoms with Crippen LogP contribution < -0.4 is 10.6 Å². The number of benzene rings is 1. The Balaban J connectivity index is 2.33. The van der Waals surface area contributed by atoms with Crippen molar-refractivity contribution in [2.45, 2.75) is 6.92 Å². The summed E-state index contributed by atoms with van der Waals surface area (Å²) in [4.78, 5) is 36.3. The summed E-state index contributed by atoms with van der Waals surface area (Å²) in [6.45, 7) is 1.62. The highest BCUT2D eigenvalue weighted by atomic mass is 32.1. The summed E-state index contributed by atoms with van der Waals surface area (Å²) < 4.78 is 18.3. The lowest BCUT2D eigenvalue weighted by atomic mass is 10.1. The van der Waals surface area contributed by atoms with E-state index >= 15 is 0 Å². The number of carbonyl (C=O) groups is 2. The molecular formula is C17H17FN4O5S2. The number of methoxy groups -OCH3 is 1. The molecule has 29 heavy (non-hydrogen) atoms. The lowest BCUT2D eigenvalue weighted by molar-refractivity contribution is -0.387. The summed E-state index contributed by atoms with van der Waals surface area (Å²) >= 11 is 6.20. The quantitative estimate of drug-likeness (QED) is 0.315. The lowest BCUT2D eigenvalue weighted by Gasteiger charge is -2.10. The Morgan fingerprint density at radius 2 is 1.97 bits per heavy atom. The number of halogens is 1. The third-order valence-corrected chi connectivity index (χ3v) is 5.16. The number of hydrogen-bond acceptors (Lipinski definition) is 7. The molecule has 1 heterocycles. The zero-order chi connectivity index (χ0) is 21.9. The first kappa shape index (κ1) is 22.2. The van der Waals surface area contributed by atoms with Crippen molar-refractivity contribution in [2.75, 3.05) is 31.8 Å². The van der Waals surface area contributed by atoms with Crippen LogP contribution in [0, 0.1) is 22.9 Å². The van der Waals surface area contributed by atoms with Gasteiger partial charge in [-0.05, 0) is 36.8 Å². The van der Waals surface area contributed by atoms with Crippen molar-refractivity contribution in [1.29, 1.82) is 0 Å². The van der Waals surface area contributed by atoms with Gasteiger partial charge in [-0.3, -0.25) is 14.9 Å². The second-order valence-corrected chi connectivity index (χ2v) is 7.38. The average molecular weight is 440 g/mol. The van der Waals surface area contributed by atoms with E-state index in [0.717, 1.165) is 23.5 Å². The van der Waals surface area contributed by atoms with Crippen molar-refractivity contribution in [3.8, 4) is 0 Å². The first-order valence-corrected chi connectivity index (χ1v) is 9.24. The fourth-order valence-corrected chi connectivity index (χ4v) is 3.86. The van der Waals surface area contributed by atoms with Gasteiger partial charge in [0.05, 0.1) is 22.5 Å². The molecule has 9 nitrogen and oxygen atoms in total. The van der Waals surface area contributed by atoms with Crippen molar-refractivity contribution in [3.05, 3.63) is 50.1 Å². The molecular weight excluding hydrogens is 423 g/mol. The van der Waals surface area contributed by atoms with E-state index in [2.05, 4.69) is 10.6 Å². The monoisotopic (exact) mass is 440 g/mol. The van der Waals surface area contributed by atoms with Crippen molar-refractivity contribution in [2.24, 2.45) is 0 Å². The van der Waals surface area contributed by atoms with Crippen LogP contribution in [-0.4, -0.2) is 48.0 Å². The zero-order valence-electron chi connectivity index (χ0n) is 15.9. The zero-order valence-corrected chi connectivity index (χ0v) is 17.5. The molecule has 0 fully saturated rings. The van der Waals surface area contributed by atoms with Crippen molar-refractivity contribution in [1.82, 2.24) is 4.90 Å². The van der Waals surface area contributed by atoms with E-state index in [9.17, 15) is 24.1 Å². The van der Waals surface area contributed by atoms with E-state index in [1.807, 2.05) is 0 Å².